The third-order valence-electron chi connectivity index (χ3n) is 3.25. The summed E-state index contributed by atoms with van der Waals surface area (Å²) in [5.74, 6) is -2.61. The van der Waals surface area contributed by atoms with Crippen LogP contribution in [0.5, 0.6) is 0 Å². The number of nitrogens with one attached hydrogen (secondary N) is 1. The van der Waals surface area contributed by atoms with Gasteiger partial charge in [-0.1, -0.05) is 28.1 Å². The van der Waals surface area contributed by atoms with Crippen molar-refractivity contribution in [1.82, 2.24) is 10.2 Å². The number of aromatic amines is 1. The molecule has 1 aliphatic rings. The highest BCUT2D eigenvalue weighted by Crippen LogP contribution is 2.36. The molecule has 0 atom stereocenters. The Bertz CT molecular complexity index is 575. The van der Waals surface area contributed by atoms with Crippen molar-refractivity contribution in [1.29, 1.82) is 0 Å². The van der Waals surface area contributed by atoms with Crippen molar-refractivity contribution in [3.63, 3.8) is 0 Å². The van der Waals surface area contributed by atoms with Gasteiger partial charge in [0.1, 0.15) is 0 Å². The first-order valence-corrected chi connectivity index (χ1v) is 6.54. The summed E-state index contributed by atoms with van der Waals surface area (Å²) in [5.41, 5.74) is 3.03. The van der Waals surface area contributed by atoms with Gasteiger partial charge in [-0.15, -0.1) is 0 Å². The summed E-state index contributed by atoms with van der Waals surface area (Å²) in [7, 11) is 0. The lowest BCUT2D eigenvalue weighted by atomic mass is 9.91. The Balaban J connectivity index is 2.04. The normalized spacial score (nSPS) is 17.5. The van der Waals surface area contributed by atoms with Crippen molar-refractivity contribution in [2.24, 2.45) is 0 Å². The van der Waals surface area contributed by atoms with Crippen molar-refractivity contribution in [2.45, 2.75) is 25.2 Å². The summed E-state index contributed by atoms with van der Waals surface area (Å²) < 4.78 is 27.9. The van der Waals surface area contributed by atoms with Crippen molar-refractivity contribution in [2.75, 3.05) is 0 Å². The minimum atomic E-state index is -2.61. The molecule has 2 aromatic rings. The number of benzene rings is 1. The molecule has 0 bridgehead atoms. The molecule has 94 valence electrons. The second-order valence-corrected chi connectivity index (χ2v) is 5.48. The standard InChI is InChI=1S/C13H11BrF2N2/c14-9-3-1-8(2-4-9)12-10-7-13(15,16)6-5-11(10)17-18-12/h1-4H,5-7H2,(H,17,18). The second kappa shape index (κ2) is 4.16. The van der Waals surface area contributed by atoms with E-state index in [1.807, 2.05) is 24.3 Å². The minimum absolute atomic E-state index is 0.0953. The number of halogens is 3. The van der Waals surface area contributed by atoms with Crippen LogP contribution in [0, 0.1) is 0 Å². The fourth-order valence-electron chi connectivity index (χ4n) is 2.30. The maximum absolute atomic E-state index is 13.5. The van der Waals surface area contributed by atoms with Crippen LogP contribution in [0.4, 0.5) is 8.78 Å². The van der Waals surface area contributed by atoms with Crippen LogP contribution in [-0.2, 0) is 12.8 Å². The highest BCUT2D eigenvalue weighted by molar-refractivity contribution is 9.10. The van der Waals surface area contributed by atoms with Gasteiger partial charge in [-0.2, -0.15) is 5.10 Å². The van der Waals surface area contributed by atoms with E-state index in [1.165, 1.54) is 0 Å². The molecule has 0 aliphatic heterocycles. The molecule has 1 N–H and O–H groups in total. The van der Waals surface area contributed by atoms with E-state index in [1.54, 1.807) is 0 Å². The minimum Gasteiger partial charge on any atom is -0.282 e. The molecule has 1 heterocycles. The predicted molar refractivity (Wildman–Crippen MR) is 68.7 cm³/mol. The third-order valence-corrected chi connectivity index (χ3v) is 3.78. The first kappa shape index (κ1) is 11.8. The van der Waals surface area contributed by atoms with Crippen molar-refractivity contribution >= 4 is 15.9 Å². The van der Waals surface area contributed by atoms with E-state index < -0.39 is 5.92 Å². The highest BCUT2D eigenvalue weighted by Gasteiger charge is 2.36. The maximum atomic E-state index is 13.5. The number of nitrogens with zero attached hydrogens (tertiary/aromatic N) is 1. The number of hydrogen-bond acceptors (Lipinski definition) is 1. The number of alkyl halides is 2. The van der Waals surface area contributed by atoms with Crippen LogP contribution < -0.4 is 0 Å². The molecule has 3 rings (SSSR count). The highest BCUT2D eigenvalue weighted by atomic mass is 79.9. The van der Waals surface area contributed by atoms with E-state index in [-0.39, 0.29) is 12.8 Å². The van der Waals surface area contributed by atoms with Crippen LogP contribution in [0.1, 0.15) is 17.7 Å². The lowest BCUT2D eigenvalue weighted by molar-refractivity contribution is -0.0123. The van der Waals surface area contributed by atoms with Gasteiger partial charge in [0, 0.05) is 34.1 Å². The summed E-state index contributed by atoms with van der Waals surface area (Å²) in [6.07, 6.45) is 0.0536. The zero-order chi connectivity index (χ0) is 12.8. The van der Waals surface area contributed by atoms with Gasteiger partial charge in [-0.3, -0.25) is 5.10 Å². The molecule has 0 amide bonds. The molecule has 0 fully saturated rings. The van der Waals surface area contributed by atoms with Gasteiger partial charge < -0.3 is 0 Å². The molecule has 1 aliphatic carbocycles. The van der Waals surface area contributed by atoms with Gasteiger partial charge in [0.25, 0.3) is 5.92 Å². The number of H-pyrrole nitrogens is 1. The Hall–Kier alpha value is -1.23. The predicted octanol–water partition coefficient (Wildman–Crippen LogP) is 3.96. The molecular weight excluding hydrogens is 302 g/mol. The Morgan fingerprint density at radius 2 is 1.94 bits per heavy atom. The van der Waals surface area contributed by atoms with Crippen LogP contribution in [-0.4, -0.2) is 16.1 Å². The maximum Gasteiger partial charge on any atom is 0.252 e. The first-order chi connectivity index (χ1) is 8.55. The molecule has 18 heavy (non-hydrogen) atoms. The third kappa shape index (κ3) is 2.07. The largest absolute Gasteiger partial charge is 0.282 e. The van der Waals surface area contributed by atoms with Crippen LogP contribution in [0.25, 0.3) is 11.3 Å². The van der Waals surface area contributed by atoms with Crippen LogP contribution >= 0.6 is 15.9 Å². The molecule has 0 saturated carbocycles. The van der Waals surface area contributed by atoms with Crippen LogP contribution in [0.15, 0.2) is 28.7 Å². The van der Waals surface area contributed by atoms with Gasteiger partial charge >= 0.3 is 0 Å². The van der Waals surface area contributed by atoms with E-state index in [4.69, 9.17) is 0 Å². The Kier molecular flexibility index (Phi) is 2.73. The van der Waals surface area contributed by atoms with Crippen LogP contribution in [0.2, 0.25) is 0 Å². The fraction of sp³-hybridized carbons (Fsp3) is 0.308. The summed E-state index contributed by atoms with van der Waals surface area (Å²) in [4.78, 5) is 0. The average molecular weight is 313 g/mol. The number of fused-ring (bicyclic) bond motifs is 1. The van der Waals surface area contributed by atoms with E-state index in [0.29, 0.717) is 17.7 Å². The first-order valence-electron chi connectivity index (χ1n) is 5.75. The second-order valence-electron chi connectivity index (χ2n) is 4.57. The fourth-order valence-corrected chi connectivity index (χ4v) is 2.56. The Labute approximate surface area is 112 Å². The average Bonchev–Trinajstić information content (AvgIpc) is 2.71. The SMILES string of the molecule is FC1(F)CCc2[nH]nc(-c3ccc(Br)cc3)c2C1. The molecule has 0 unspecified atom stereocenters. The lowest BCUT2D eigenvalue weighted by Crippen LogP contribution is -2.25. The lowest BCUT2D eigenvalue weighted by Gasteiger charge is -2.21. The molecule has 1 aromatic heterocycles. The van der Waals surface area contributed by atoms with Gasteiger partial charge in [0.2, 0.25) is 0 Å². The summed E-state index contributed by atoms with van der Waals surface area (Å²) >= 11 is 3.35. The van der Waals surface area contributed by atoms with Crippen molar-refractivity contribution in [3.05, 3.63) is 40.0 Å². The zero-order valence-corrected chi connectivity index (χ0v) is 11.1. The number of hydrogen-bond donors (Lipinski definition) is 1. The molecule has 5 heteroatoms. The Morgan fingerprint density at radius 1 is 1.22 bits per heavy atom. The van der Waals surface area contributed by atoms with Crippen LogP contribution in [0.3, 0.4) is 0 Å². The van der Waals surface area contributed by atoms with E-state index in [9.17, 15) is 8.78 Å². The number of aromatic nitrogens is 2. The summed E-state index contributed by atoms with van der Waals surface area (Å²) in [6.45, 7) is 0. The summed E-state index contributed by atoms with van der Waals surface area (Å²) in [5, 5.41) is 7.07. The van der Waals surface area contributed by atoms with Crippen molar-refractivity contribution < 1.29 is 8.78 Å². The van der Waals surface area contributed by atoms with Gasteiger partial charge in [-0.05, 0) is 18.6 Å². The Morgan fingerprint density at radius 3 is 2.67 bits per heavy atom. The summed E-state index contributed by atoms with van der Waals surface area (Å²) in [6, 6.07) is 7.54. The number of rotatable bonds is 1. The number of aryl methyl sites for hydroxylation is 1. The van der Waals surface area contributed by atoms with Crippen molar-refractivity contribution in [3.8, 4) is 11.3 Å². The molecular formula is C13H11BrF2N2. The van der Waals surface area contributed by atoms with Gasteiger partial charge in [0.15, 0.2) is 0 Å². The smallest absolute Gasteiger partial charge is 0.252 e. The van der Waals surface area contributed by atoms with Gasteiger partial charge in [0.05, 0.1) is 5.69 Å². The molecule has 0 radical (unpaired) electrons. The molecule has 0 spiro atoms. The zero-order valence-electron chi connectivity index (χ0n) is 9.51. The molecule has 2 nitrogen and oxygen atoms in total. The molecule has 0 saturated heterocycles. The van der Waals surface area contributed by atoms with Gasteiger partial charge in [-0.25, -0.2) is 8.78 Å². The van der Waals surface area contributed by atoms with E-state index >= 15 is 0 Å². The molecule has 1 aromatic carbocycles. The topological polar surface area (TPSA) is 28.7 Å². The quantitative estimate of drug-likeness (QED) is 0.848. The van der Waals surface area contributed by atoms with E-state index in [0.717, 1.165) is 15.7 Å². The van der Waals surface area contributed by atoms with E-state index in [2.05, 4.69) is 26.1 Å². The monoisotopic (exact) mass is 312 g/mol.